The van der Waals surface area contributed by atoms with Crippen LogP contribution in [0.1, 0.15) is 22.3 Å². The van der Waals surface area contributed by atoms with E-state index < -0.39 is 0 Å². The Labute approximate surface area is 112 Å². The molecule has 0 amide bonds. The van der Waals surface area contributed by atoms with Crippen molar-refractivity contribution in [2.45, 2.75) is 20.8 Å². The van der Waals surface area contributed by atoms with E-state index in [1.807, 2.05) is 19.9 Å². The molecule has 3 N–H and O–H groups in total. The lowest BCUT2D eigenvalue weighted by molar-refractivity contribution is 0.458. The summed E-state index contributed by atoms with van der Waals surface area (Å²) in [6.07, 6.45) is 1.54. The van der Waals surface area contributed by atoms with Crippen LogP contribution >= 0.6 is 0 Å². The van der Waals surface area contributed by atoms with Gasteiger partial charge in [-0.2, -0.15) is 0 Å². The minimum absolute atomic E-state index is 0.00151. The van der Waals surface area contributed by atoms with Crippen LogP contribution in [0.4, 0.5) is 0 Å². The van der Waals surface area contributed by atoms with Crippen molar-refractivity contribution in [3.05, 3.63) is 52.7 Å². The molecule has 98 valence electrons. The standard InChI is InChI=1S/C15H17N3O/c1-9-6-10(2)11(3)13(7-9)19-14-5-4-12(8-18-14)15(16)17/h4-8H,1-3H3,(H3,16,17). The maximum absolute atomic E-state index is 7.31. The largest absolute Gasteiger partial charge is 0.439 e. The van der Waals surface area contributed by atoms with Crippen LogP contribution in [0.3, 0.4) is 0 Å². The summed E-state index contributed by atoms with van der Waals surface area (Å²) < 4.78 is 5.78. The number of ether oxygens (including phenoxy) is 1. The van der Waals surface area contributed by atoms with Crippen LogP contribution in [-0.2, 0) is 0 Å². The number of pyridine rings is 1. The number of aromatic nitrogens is 1. The monoisotopic (exact) mass is 255 g/mol. The van der Waals surface area contributed by atoms with E-state index in [2.05, 4.69) is 18.0 Å². The van der Waals surface area contributed by atoms with Gasteiger partial charge in [-0.05, 0) is 49.6 Å². The first kappa shape index (κ1) is 13.1. The van der Waals surface area contributed by atoms with Crippen molar-refractivity contribution >= 4 is 5.84 Å². The molecular formula is C15H17N3O. The molecule has 1 heterocycles. The van der Waals surface area contributed by atoms with E-state index in [4.69, 9.17) is 15.9 Å². The van der Waals surface area contributed by atoms with Gasteiger partial charge in [0.2, 0.25) is 5.88 Å². The Morgan fingerprint density at radius 3 is 2.53 bits per heavy atom. The molecule has 1 aromatic heterocycles. The molecule has 0 bridgehead atoms. The van der Waals surface area contributed by atoms with Crippen molar-refractivity contribution in [2.75, 3.05) is 0 Å². The van der Waals surface area contributed by atoms with Gasteiger partial charge < -0.3 is 10.5 Å². The van der Waals surface area contributed by atoms with Crippen molar-refractivity contribution in [2.24, 2.45) is 5.73 Å². The third-order valence-electron chi connectivity index (χ3n) is 3.03. The molecule has 0 saturated carbocycles. The summed E-state index contributed by atoms with van der Waals surface area (Å²) in [4.78, 5) is 4.15. The maximum Gasteiger partial charge on any atom is 0.219 e. The van der Waals surface area contributed by atoms with Gasteiger partial charge in [0.25, 0.3) is 0 Å². The summed E-state index contributed by atoms with van der Waals surface area (Å²) in [6, 6.07) is 7.55. The van der Waals surface area contributed by atoms with Crippen molar-refractivity contribution in [3.63, 3.8) is 0 Å². The molecule has 4 heteroatoms. The number of aryl methyl sites for hydroxylation is 2. The second kappa shape index (κ2) is 5.10. The average molecular weight is 255 g/mol. The number of hydrogen-bond acceptors (Lipinski definition) is 3. The summed E-state index contributed by atoms with van der Waals surface area (Å²) in [5.41, 5.74) is 9.41. The second-order valence-corrected chi connectivity index (χ2v) is 4.61. The Kier molecular flexibility index (Phi) is 3.51. The predicted molar refractivity (Wildman–Crippen MR) is 76.0 cm³/mol. The smallest absolute Gasteiger partial charge is 0.219 e. The SMILES string of the molecule is Cc1cc(C)c(C)c(Oc2ccc(C(=N)N)cn2)c1. The molecule has 0 radical (unpaired) electrons. The van der Waals surface area contributed by atoms with Crippen LogP contribution < -0.4 is 10.5 Å². The lowest BCUT2D eigenvalue weighted by Gasteiger charge is -2.11. The zero-order valence-corrected chi connectivity index (χ0v) is 11.3. The number of amidine groups is 1. The number of nitrogens with zero attached hydrogens (tertiary/aromatic N) is 1. The van der Waals surface area contributed by atoms with Gasteiger partial charge in [-0.15, -0.1) is 0 Å². The first-order valence-electron chi connectivity index (χ1n) is 6.03. The Bertz CT molecular complexity index is 618. The lowest BCUT2D eigenvalue weighted by Crippen LogP contribution is -2.11. The topological polar surface area (TPSA) is 72.0 Å². The number of hydrogen-bond donors (Lipinski definition) is 2. The highest BCUT2D eigenvalue weighted by Crippen LogP contribution is 2.27. The molecule has 0 aliphatic rings. The maximum atomic E-state index is 7.31. The molecule has 19 heavy (non-hydrogen) atoms. The van der Waals surface area contributed by atoms with E-state index >= 15 is 0 Å². The van der Waals surface area contributed by atoms with E-state index in [1.54, 1.807) is 12.1 Å². The zero-order valence-electron chi connectivity index (χ0n) is 11.3. The lowest BCUT2D eigenvalue weighted by atomic mass is 10.1. The minimum atomic E-state index is 0.00151. The fourth-order valence-corrected chi connectivity index (χ4v) is 1.82. The van der Waals surface area contributed by atoms with Crippen molar-refractivity contribution in [3.8, 4) is 11.6 Å². The molecule has 0 fully saturated rings. The molecule has 0 aliphatic heterocycles. The van der Waals surface area contributed by atoms with Gasteiger partial charge in [0.1, 0.15) is 11.6 Å². The van der Waals surface area contributed by atoms with Crippen molar-refractivity contribution in [1.29, 1.82) is 5.41 Å². The zero-order chi connectivity index (χ0) is 14.0. The van der Waals surface area contributed by atoms with Crippen LogP contribution in [0.2, 0.25) is 0 Å². The molecule has 0 spiro atoms. The Morgan fingerprint density at radius 2 is 1.95 bits per heavy atom. The summed E-state index contributed by atoms with van der Waals surface area (Å²) in [6.45, 7) is 6.11. The molecule has 0 unspecified atom stereocenters. The average Bonchev–Trinajstić information content (AvgIpc) is 2.36. The molecular weight excluding hydrogens is 238 g/mol. The summed E-state index contributed by atoms with van der Waals surface area (Å²) >= 11 is 0. The van der Waals surface area contributed by atoms with Gasteiger partial charge >= 0.3 is 0 Å². The summed E-state index contributed by atoms with van der Waals surface area (Å²) in [5, 5.41) is 7.31. The van der Waals surface area contributed by atoms with E-state index in [0.717, 1.165) is 16.9 Å². The van der Waals surface area contributed by atoms with E-state index in [-0.39, 0.29) is 5.84 Å². The van der Waals surface area contributed by atoms with Crippen molar-refractivity contribution in [1.82, 2.24) is 4.98 Å². The molecule has 0 aliphatic carbocycles. The molecule has 4 nitrogen and oxygen atoms in total. The van der Waals surface area contributed by atoms with Crippen LogP contribution in [-0.4, -0.2) is 10.8 Å². The molecule has 0 saturated heterocycles. The Morgan fingerprint density at radius 1 is 1.21 bits per heavy atom. The van der Waals surface area contributed by atoms with E-state index in [9.17, 15) is 0 Å². The van der Waals surface area contributed by atoms with Gasteiger partial charge in [0.05, 0.1) is 0 Å². The van der Waals surface area contributed by atoms with Crippen LogP contribution in [0.25, 0.3) is 0 Å². The number of rotatable bonds is 3. The highest BCUT2D eigenvalue weighted by Gasteiger charge is 2.06. The predicted octanol–water partition coefficient (Wildman–Crippen LogP) is 3.08. The summed E-state index contributed by atoms with van der Waals surface area (Å²) in [7, 11) is 0. The summed E-state index contributed by atoms with van der Waals surface area (Å²) in [5.74, 6) is 1.31. The normalized spacial score (nSPS) is 10.3. The third-order valence-corrected chi connectivity index (χ3v) is 3.03. The molecule has 2 rings (SSSR count). The first-order chi connectivity index (χ1) is 8.97. The first-order valence-corrected chi connectivity index (χ1v) is 6.03. The van der Waals surface area contributed by atoms with Gasteiger partial charge in [0, 0.05) is 17.8 Å². The van der Waals surface area contributed by atoms with Gasteiger partial charge in [-0.25, -0.2) is 4.98 Å². The van der Waals surface area contributed by atoms with Gasteiger partial charge in [-0.3, -0.25) is 5.41 Å². The number of nitrogens with one attached hydrogen (secondary N) is 1. The van der Waals surface area contributed by atoms with Crippen LogP contribution in [0.15, 0.2) is 30.5 Å². The minimum Gasteiger partial charge on any atom is -0.439 e. The fourth-order valence-electron chi connectivity index (χ4n) is 1.82. The van der Waals surface area contributed by atoms with E-state index in [1.165, 1.54) is 11.8 Å². The molecule has 1 aromatic carbocycles. The van der Waals surface area contributed by atoms with Gasteiger partial charge in [0.15, 0.2) is 0 Å². The quantitative estimate of drug-likeness (QED) is 0.654. The molecule has 2 aromatic rings. The Hall–Kier alpha value is -2.36. The Balaban J connectivity index is 2.28. The van der Waals surface area contributed by atoms with Gasteiger partial charge in [-0.1, -0.05) is 6.07 Å². The van der Waals surface area contributed by atoms with E-state index in [0.29, 0.717) is 11.4 Å². The van der Waals surface area contributed by atoms with Crippen LogP contribution in [0.5, 0.6) is 11.6 Å². The highest BCUT2D eigenvalue weighted by atomic mass is 16.5. The van der Waals surface area contributed by atoms with Crippen LogP contribution in [0, 0.1) is 26.2 Å². The number of benzene rings is 1. The number of nitrogen functional groups attached to an aromatic ring is 1. The number of nitrogens with two attached hydrogens (primary N) is 1. The third kappa shape index (κ3) is 2.91. The second-order valence-electron chi connectivity index (χ2n) is 4.61. The highest BCUT2D eigenvalue weighted by molar-refractivity contribution is 5.94. The molecule has 0 atom stereocenters. The fraction of sp³-hybridized carbons (Fsp3) is 0.200. The van der Waals surface area contributed by atoms with Crippen molar-refractivity contribution < 1.29 is 4.74 Å².